The average molecular weight is 476 g/mol. The Bertz CT molecular complexity index is 739. The van der Waals surface area contributed by atoms with Gasteiger partial charge in [-0.3, -0.25) is 0 Å². The Hall–Kier alpha value is -0.953. The number of hydrogen-bond acceptors (Lipinski definition) is 4. The lowest BCUT2D eigenvalue weighted by molar-refractivity contribution is 0.00347. The van der Waals surface area contributed by atoms with E-state index in [1.54, 1.807) is 11.0 Å². The number of carbonyl (C=O) groups excluding carboxylic acids is 1. The number of nitrogens with one attached hydrogen (secondary N) is 1. The monoisotopic (exact) mass is 474 g/mol. The highest BCUT2D eigenvalue weighted by Crippen LogP contribution is 2.38. The number of likely N-dealkylation sites (tertiary alicyclic amines) is 1. The molecular weight excluding hydrogens is 439 g/mol. The molecule has 0 radical (unpaired) electrons. The zero-order valence-corrected chi connectivity index (χ0v) is 21.9. The predicted molar refractivity (Wildman–Crippen MR) is 128 cm³/mol. The highest BCUT2D eigenvalue weighted by molar-refractivity contribution is 6.74. The first-order chi connectivity index (χ1) is 13.6. The molecule has 0 saturated carbocycles. The number of amides is 1. The summed E-state index contributed by atoms with van der Waals surface area (Å²) < 4.78 is 12.4. The van der Waals surface area contributed by atoms with Crippen LogP contribution in [0.5, 0.6) is 0 Å². The molecule has 2 rings (SSSR count). The SMILES string of the molecule is CC(C)(C)OC(=O)N1CC[C@@H](Nc2cc(Cl)cc(Cl)c2)[C@H](O[Si](C)(C)C(C)(C)C)C1. The van der Waals surface area contributed by atoms with Gasteiger partial charge in [-0.05, 0) is 63.5 Å². The van der Waals surface area contributed by atoms with E-state index in [2.05, 4.69) is 39.2 Å². The lowest BCUT2D eigenvalue weighted by atomic mass is 10.0. The quantitative estimate of drug-likeness (QED) is 0.487. The number of hydrogen-bond donors (Lipinski definition) is 1. The van der Waals surface area contributed by atoms with Crippen molar-refractivity contribution >= 4 is 43.3 Å². The first-order valence-corrected chi connectivity index (χ1v) is 14.1. The summed E-state index contributed by atoms with van der Waals surface area (Å²) >= 11 is 12.4. The Balaban J connectivity index is 2.24. The Morgan fingerprint density at radius 3 is 2.17 bits per heavy atom. The summed E-state index contributed by atoms with van der Waals surface area (Å²) in [6, 6.07) is 5.46. The Morgan fingerprint density at radius 2 is 1.67 bits per heavy atom. The fourth-order valence-corrected chi connectivity index (χ4v) is 4.98. The van der Waals surface area contributed by atoms with Crippen molar-refractivity contribution < 1.29 is 14.0 Å². The summed E-state index contributed by atoms with van der Waals surface area (Å²) in [6.07, 6.45) is 0.281. The predicted octanol–water partition coefficient (Wildman–Crippen LogP) is 6.81. The van der Waals surface area contributed by atoms with Crippen LogP contribution < -0.4 is 5.32 Å². The van der Waals surface area contributed by atoms with E-state index in [9.17, 15) is 4.79 Å². The zero-order chi connectivity index (χ0) is 22.9. The van der Waals surface area contributed by atoms with E-state index in [0.29, 0.717) is 23.1 Å². The minimum Gasteiger partial charge on any atom is -0.444 e. The van der Waals surface area contributed by atoms with Crippen LogP contribution in [0.1, 0.15) is 48.0 Å². The molecule has 1 N–H and O–H groups in total. The van der Waals surface area contributed by atoms with Gasteiger partial charge in [-0.15, -0.1) is 0 Å². The van der Waals surface area contributed by atoms with Crippen LogP contribution in [0.3, 0.4) is 0 Å². The van der Waals surface area contributed by atoms with Crippen LogP contribution in [0.25, 0.3) is 0 Å². The van der Waals surface area contributed by atoms with Crippen LogP contribution >= 0.6 is 23.2 Å². The molecular formula is C22H36Cl2N2O3Si. The van der Waals surface area contributed by atoms with Gasteiger partial charge < -0.3 is 19.4 Å². The maximum atomic E-state index is 12.7. The van der Waals surface area contributed by atoms with Gasteiger partial charge in [0.1, 0.15) is 5.60 Å². The summed E-state index contributed by atoms with van der Waals surface area (Å²) in [6.45, 7) is 17.8. The van der Waals surface area contributed by atoms with Crippen molar-refractivity contribution in [2.45, 2.75) is 83.8 Å². The second-order valence-corrected chi connectivity index (χ2v) is 16.2. The molecule has 1 aliphatic rings. The molecule has 0 aliphatic carbocycles. The topological polar surface area (TPSA) is 50.8 Å². The van der Waals surface area contributed by atoms with Crippen molar-refractivity contribution in [2.24, 2.45) is 0 Å². The van der Waals surface area contributed by atoms with Gasteiger partial charge in [0.05, 0.1) is 18.7 Å². The van der Waals surface area contributed by atoms with Crippen molar-refractivity contribution in [1.29, 1.82) is 0 Å². The molecule has 0 unspecified atom stereocenters. The van der Waals surface area contributed by atoms with Gasteiger partial charge in [0.2, 0.25) is 0 Å². The van der Waals surface area contributed by atoms with Gasteiger partial charge in [0, 0.05) is 22.3 Å². The van der Waals surface area contributed by atoms with Gasteiger partial charge in [0.25, 0.3) is 0 Å². The summed E-state index contributed by atoms with van der Waals surface area (Å²) in [5.41, 5.74) is 0.325. The number of rotatable bonds is 4. The molecule has 0 aromatic heterocycles. The van der Waals surface area contributed by atoms with E-state index in [1.807, 2.05) is 32.9 Å². The number of carbonyl (C=O) groups is 1. The minimum atomic E-state index is -2.06. The Morgan fingerprint density at radius 1 is 1.10 bits per heavy atom. The van der Waals surface area contributed by atoms with Gasteiger partial charge >= 0.3 is 6.09 Å². The average Bonchev–Trinajstić information content (AvgIpc) is 2.52. The maximum absolute atomic E-state index is 12.7. The molecule has 1 saturated heterocycles. The first-order valence-electron chi connectivity index (χ1n) is 10.5. The first kappa shape index (κ1) is 25.3. The summed E-state index contributed by atoms with van der Waals surface area (Å²) in [4.78, 5) is 14.4. The highest BCUT2D eigenvalue weighted by Gasteiger charge is 2.43. The summed E-state index contributed by atoms with van der Waals surface area (Å²) in [5, 5.41) is 4.77. The number of ether oxygens (including phenoxy) is 1. The molecule has 8 heteroatoms. The van der Waals surface area contributed by atoms with Gasteiger partial charge in [-0.25, -0.2) is 4.79 Å². The van der Waals surface area contributed by atoms with E-state index < -0.39 is 13.9 Å². The van der Waals surface area contributed by atoms with Crippen molar-refractivity contribution in [3.05, 3.63) is 28.2 Å². The van der Waals surface area contributed by atoms with Crippen molar-refractivity contribution in [2.75, 3.05) is 18.4 Å². The lowest BCUT2D eigenvalue weighted by Crippen LogP contribution is -2.57. The van der Waals surface area contributed by atoms with E-state index >= 15 is 0 Å². The highest BCUT2D eigenvalue weighted by atomic mass is 35.5. The lowest BCUT2D eigenvalue weighted by Gasteiger charge is -2.45. The van der Waals surface area contributed by atoms with Crippen LogP contribution in [0.4, 0.5) is 10.5 Å². The second-order valence-electron chi connectivity index (χ2n) is 10.5. The minimum absolute atomic E-state index is 0.0346. The van der Waals surface area contributed by atoms with Gasteiger partial charge in [-0.1, -0.05) is 44.0 Å². The van der Waals surface area contributed by atoms with Gasteiger partial charge in [0.15, 0.2) is 8.32 Å². The van der Waals surface area contributed by atoms with Crippen LogP contribution in [-0.4, -0.2) is 50.1 Å². The van der Waals surface area contributed by atoms with E-state index in [0.717, 1.165) is 12.1 Å². The largest absolute Gasteiger partial charge is 0.444 e. The van der Waals surface area contributed by atoms with Crippen LogP contribution in [0, 0.1) is 0 Å². The third kappa shape index (κ3) is 7.04. The van der Waals surface area contributed by atoms with Crippen molar-refractivity contribution in [3.63, 3.8) is 0 Å². The maximum Gasteiger partial charge on any atom is 0.410 e. The van der Waals surface area contributed by atoms with Crippen molar-refractivity contribution in [3.8, 4) is 0 Å². The standard InChI is InChI=1S/C22H36Cl2N2O3Si/c1-21(2,3)28-20(27)26-10-9-18(25-17-12-15(23)11-16(24)13-17)19(14-26)29-30(7,8)22(4,5)6/h11-13,18-19,25H,9-10,14H2,1-8H3/t18-,19-/m1/s1. The molecule has 1 heterocycles. The van der Waals surface area contributed by atoms with Crippen LogP contribution in [0.2, 0.25) is 28.2 Å². The van der Waals surface area contributed by atoms with Crippen LogP contribution in [-0.2, 0) is 9.16 Å². The van der Waals surface area contributed by atoms with Gasteiger partial charge in [-0.2, -0.15) is 0 Å². The molecule has 2 atom stereocenters. The Kier molecular flexibility index (Phi) is 7.82. The fraction of sp³-hybridized carbons (Fsp3) is 0.682. The fourth-order valence-electron chi connectivity index (χ4n) is 3.10. The number of anilines is 1. The number of nitrogens with zero attached hydrogens (tertiary/aromatic N) is 1. The van der Waals surface area contributed by atoms with E-state index in [1.165, 1.54) is 0 Å². The van der Waals surface area contributed by atoms with Crippen LogP contribution in [0.15, 0.2) is 18.2 Å². The zero-order valence-electron chi connectivity index (χ0n) is 19.4. The molecule has 0 spiro atoms. The number of benzene rings is 1. The van der Waals surface area contributed by atoms with E-state index in [4.69, 9.17) is 32.4 Å². The molecule has 0 bridgehead atoms. The third-order valence-corrected chi connectivity index (χ3v) is 10.6. The molecule has 1 aromatic rings. The molecule has 170 valence electrons. The molecule has 1 aliphatic heterocycles. The molecule has 30 heavy (non-hydrogen) atoms. The molecule has 1 amide bonds. The summed E-state index contributed by atoms with van der Waals surface area (Å²) in [5.74, 6) is 0. The Labute approximate surface area is 192 Å². The molecule has 1 aromatic carbocycles. The second kappa shape index (κ2) is 9.27. The van der Waals surface area contributed by atoms with E-state index in [-0.39, 0.29) is 23.3 Å². The molecule has 5 nitrogen and oxygen atoms in total. The smallest absolute Gasteiger partial charge is 0.410 e. The number of piperidine rings is 1. The third-order valence-electron chi connectivity index (χ3n) is 5.68. The normalized spacial score (nSPS) is 20.8. The molecule has 1 fully saturated rings. The number of halogens is 2. The van der Waals surface area contributed by atoms with Crippen molar-refractivity contribution in [1.82, 2.24) is 4.90 Å². The summed E-state index contributed by atoms with van der Waals surface area (Å²) in [7, 11) is -2.06.